The average Bonchev–Trinajstić information content (AvgIpc) is 2.29. The lowest BCUT2D eigenvalue weighted by Crippen LogP contribution is -2.51. The first-order chi connectivity index (χ1) is 7.87. The van der Waals surface area contributed by atoms with Crippen LogP contribution in [0, 0.1) is 11.3 Å². The summed E-state index contributed by atoms with van der Waals surface area (Å²) in [4.78, 5) is 0. The summed E-state index contributed by atoms with van der Waals surface area (Å²) in [6.45, 7) is 8.95. The van der Waals surface area contributed by atoms with E-state index >= 15 is 0 Å². The molecule has 0 radical (unpaired) electrons. The molecule has 0 aromatic heterocycles. The average molecular weight is 242 g/mol. The second kappa shape index (κ2) is 5.71. The molecule has 0 aromatic rings. The van der Waals surface area contributed by atoms with E-state index in [0.717, 1.165) is 38.5 Å². The Morgan fingerprint density at radius 1 is 1.18 bits per heavy atom. The zero-order chi connectivity index (χ0) is 13.1. The third-order valence-electron chi connectivity index (χ3n) is 4.68. The van der Waals surface area contributed by atoms with Crippen molar-refractivity contribution in [2.24, 2.45) is 11.3 Å². The van der Waals surface area contributed by atoms with E-state index in [9.17, 15) is 5.11 Å². The van der Waals surface area contributed by atoms with Gasteiger partial charge < -0.3 is 9.84 Å². The summed E-state index contributed by atoms with van der Waals surface area (Å²) < 4.78 is 5.75. The molecule has 1 fully saturated rings. The van der Waals surface area contributed by atoms with E-state index in [1.807, 2.05) is 0 Å². The SMILES string of the molecule is CCCC(C)C(O)C1(OC)CCC(C)(C)CC1. The monoisotopic (exact) mass is 242 g/mol. The van der Waals surface area contributed by atoms with Crippen molar-refractivity contribution in [3.8, 4) is 0 Å². The van der Waals surface area contributed by atoms with Crippen molar-refractivity contribution in [2.75, 3.05) is 7.11 Å². The van der Waals surface area contributed by atoms with Gasteiger partial charge in [-0.3, -0.25) is 0 Å². The molecule has 1 rings (SSSR count). The lowest BCUT2D eigenvalue weighted by molar-refractivity contribution is -0.152. The highest BCUT2D eigenvalue weighted by molar-refractivity contribution is 4.96. The first-order valence-corrected chi connectivity index (χ1v) is 7.10. The molecule has 0 aromatic carbocycles. The maximum absolute atomic E-state index is 10.6. The van der Waals surface area contributed by atoms with E-state index in [4.69, 9.17) is 4.74 Å². The summed E-state index contributed by atoms with van der Waals surface area (Å²) in [7, 11) is 1.76. The van der Waals surface area contributed by atoms with Crippen LogP contribution in [0.5, 0.6) is 0 Å². The second-order valence-corrected chi connectivity index (χ2v) is 6.64. The highest BCUT2D eigenvalue weighted by Crippen LogP contribution is 2.44. The number of hydrogen-bond acceptors (Lipinski definition) is 2. The quantitative estimate of drug-likeness (QED) is 0.795. The predicted molar refractivity (Wildman–Crippen MR) is 72.1 cm³/mol. The van der Waals surface area contributed by atoms with Crippen molar-refractivity contribution in [1.82, 2.24) is 0 Å². The van der Waals surface area contributed by atoms with Crippen LogP contribution in [0.2, 0.25) is 0 Å². The van der Waals surface area contributed by atoms with Crippen molar-refractivity contribution >= 4 is 0 Å². The molecule has 102 valence electrons. The molecule has 2 nitrogen and oxygen atoms in total. The lowest BCUT2D eigenvalue weighted by Gasteiger charge is -2.46. The molecule has 2 atom stereocenters. The highest BCUT2D eigenvalue weighted by Gasteiger charge is 2.45. The normalized spacial score (nSPS) is 26.5. The largest absolute Gasteiger partial charge is 0.390 e. The molecule has 17 heavy (non-hydrogen) atoms. The van der Waals surface area contributed by atoms with Gasteiger partial charge in [-0.15, -0.1) is 0 Å². The number of ether oxygens (including phenoxy) is 1. The van der Waals surface area contributed by atoms with Gasteiger partial charge in [-0.25, -0.2) is 0 Å². The molecular formula is C15H30O2. The fourth-order valence-corrected chi connectivity index (χ4v) is 3.10. The van der Waals surface area contributed by atoms with Crippen LogP contribution in [0.3, 0.4) is 0 Å². The zero-order valence-electron chi connectivity index (χ0n) is 12.3. The smallest absolute Gasteiger partial charge is 0.0939 e. The van der Waals surface area contributed by atoms with Gasteiger partial charge in [0.1, 0.15) is 0 Å². The number of aliphatic hydroxyl groups is 1. The van der Waals surface area contributed by atoms with E-state index < -0.39 is 0 Å². The molecule has 0 heterocycles. The molecular weight excluding hydrogens is 212 g/mol. The van der Waals surface area contributed by atoms with Crippen molar-refractivity contribution in [3.63, 3.8) is 0 Å². The molecule has 0 bridgehead atoms. The van der Waals surface area contributed by atoms with E-state index in [1.54, 1.807) is 7.11 Å². The molecule has 0 saturated heterocycles. The standard InChI is InChI=1S/C15H30O2/c1-6-7-12(2)13(16)15(17-5)10-8-14(3,4)9-11-15/h12-13,16H,6-11H2,1-5H3. The van der Waals surface area contributed by atoms with Crippen LogP contribution in [0.25, 0.3) is 0 Å². The molecule has 1 saturated carbocycles. The van der Waals surface area contributed by atoms with Crippen LogP contribution >= 0.6 is 0 Å². The Hall–Kier alpha value is -0.0800. The van der Waals surface area contributed by atoms with Crippen LogP contribution < -0.4 is 0 Å². The Bertz CT molecular complexity index is 225. The minimum Gasteiger partial charge on any atom is -0.390 e. The van der Waals surface area contributed by atoms with Gasteiger partial charge in [-0.1, -0.05) is 34.1 Å². The molecule has 1 aliphatic rings. The molecule has 1 N–H and O–H groups in total. The summed E-state index contributed by atoms with van der Waals surface area (Å²) in [5.41, 5.74) is 0.125. The van der Waals surface area contributed by atoms with Crippen molar-refractivity contribution in [3.05, 3.63) is 0 Å². The van der Waals surface area contributed by atoms with Gasteiger partial charge in [0.2, 0.25) is 0 Å². The first-order valence-electron chi connectivity index (χ1n) is 7.10. The Balaban J connectivity index is 2.69. The zero-order valence-corrected chi connectivity index (χ0v) is 12.3. The third-order valence-corrected chi connectivity index (χ3v) is 4.68. The van der Waals surface area contributed by atoms with Gasteiger partial charge in [-0.05, 0) is 43.4 Å². The van der Waals surface area contributed by atoms with Gasteiger partial charge in [0, 0.05) is 7.11 Å². The molecule has 1 aliphatic carbocycles. The summed E-state index contributed by atoms with van der Waals surface area (Å²) in [6.07, 6.45) is 6.17. The molecule has 2 heteroatoms. The lowest BCUT2D eigenvalue weighted by atomic mass is 9.67. The summed E-state index contributed by atoms with van der Waals surface area (Å²) in [5.74, 6) is 0.334. The van der Waals surface area contributed by atoms with Crippen molar-refractivity contribution < 1.29 is 9.84 Å². The van der Waals surface area contributed by atoms with E-state index in [2.05, 4.69) is 27.7 Å². The number of aliphatic hydroxyl groups excluding tert-OH is 1. The van der Waals surface area contributed by atoms with Gasteiger partial charge in [0.05, 0.1) is 11.7 Å². The van der Waals surface area contributed by atoms with Gasteiger partial charge in [0.25, 0.3) is 0 Å². The maximum Gasteiger partial charge on any atom is 0.0939 e. The molecule has 0 spiro atoms. The van der Waals surface area contributed by atoms with E-state index in [0.29, 0.717) is 11.3 Å². The van der Waals surface area contributed by atoms with E-state index in [-0.39, 0.29) is 11.7 Å². The van der Waals surface area contributed by atoms with Gasteiger partial charge >= 0.3 is 0 Å². The van der Waals surface area contributed by atoms with Crippen LogP contribution in [0.1, 0.15) is 66.2 Å². The Morgan fingerprint density at radius 3 is 2.12 bits per heavy atom. The van der Waals surface area contributed by atoms with Gasteiger partial charge in [-0.2, -0.15) is 0 Å². The minimum absolute atomic E-state index is 0.288. The first kappa shape index (κ1) is 15.0. The van der Waals surface area contributed by atoms with Crippen LogP contribution in [-0.2, 0) is 4.74 Å². The van der Waals surface area contributed by atoms with Crippen LogP contribution in [0.4, 0.5) is 0 Å². The summed E-state index contributed by atoms with van der Waals surface area (Å²) in [6, 6.07) is 0. The number of rotatable bonds is 5. The van der Waals surface area contributed by atoms with Crippen molar-refractivity contribution in [2.45, 2.75) is 77.9 Å². The van der Waals surface area contributed by atoms with Gasteiger partial charge in [0.15, 0.2) is 0 Å². The predicted octanol–water partition coefficient (Wildman–Crippen LogP) is 3.77. The maximum atomic E-state index is 10.6. The van der Waals surface area contributed by atoms with Crippen LogP contribution in [0.15, 0.2) is 0 Å². The molecule has 0 aliphatic heterocycles. The number of hydrogen-bond donors (Lipinski definition) is 1. The highest BCUT2D eigenvalue weighted by atomic mass is 16.5. The molecule has 0 amide bonds. The Labute approximate surface area is 107 Å². The third kappa shape index (κ3) is 3.45. The second-order valence-electron chi connectivity index (χ2n) is 6.64. The molecule has 2 unspecified atom stereocenters. The Morgan fingerprint density at radius 2 is 1.71 bits per heavy atom. The minimum atomic E-state index is -0.316. The van der Waals surface area contributed by atoms with Crippen LogP contribution in [-0.4, -0.2) is 23.9 Å². The van der Waals surface area contributed by atoms with Crippen molar-refractivity contribution in [1.29, 1.82) is 0 Å². The number of methoxy groups -OCH3 is 1. The summed E-state index contributed by atoms with van der Waals surface area (Å²) in [5, 5.41) is 10.6. The fraction of sp³-hybridized carbons (Fsp3) is 1.00. The Kier molecular flexibility index (Phi) is 5.03. The topological polar surface area (TPSA) is 29.5 Å². The summed E-state index contributed by atoms with van der Waals surface area (Å²) >= 11 is 0. The van der Waals surface area contributed by atoms with E-state index in [1.165, 1.54) is 0 Å². The fourth-order valence-electron chi connectivity index (χ4n) is 3.10.